The van der Waals surface area contributed by atoms with Crippen molar-refractivity contribution in [3.05, 3.63) is 98.8 Å². The SMILES string of the molecule is Cc1ccc(C(=O)N2CC=C(c3ccc(C[C@H](NC(=O)c4c(Cl)cccc4Cl)C(=O)O)cc3)CC2)n1C. The summed E-state index contributed by atoms with van der Waals surface area (Å²) in [6.07, 6.45) is 2.88. The van der Waals surface area contributed by atoms with Crippen molar-refractivity contribution < 1.29 is 19.5 Å². The highest BCUT2D eigenvalue weighted by Gasteiger charge is 2.24. The van der Waals surface area contributed by atoms with Gasteiger partial charge in [-0.25, -0.2) is 4.79 Å². The first-order chi connectivity index (χ1) is 17.7. The van der Waals surface area contributed by atoms with E-state index in [4.69, 9.17) is 23.2 Å². The monoisotopic (exact) mass is 539 g/mol. The Morgan fingerprint density at radius 1 is 1.03 bits per heavy atom. The average Bonchev–Trinajstić information content (AvgIpc) is 3.21. The topological polar surface area (TPSA) is 91.6 Å². The lowest BCUT2D eigenvalue weighted by atomic mass is 9.96. The molecule has 192 valence electrons. The van der Waals surface area contributed by atoms with Gasteiger partial charge in [0.05, 0.1) is 15.6 Å². The maximum atomic E-state index is 12.9. The Bertz CT molecular complexity index is 1360. The van der Waals surface area contributed by atoms with Gasteiger partial charge in [0.25, 0.3) is 11.8 Å². The standard InChI is InChI=1S/C28H27Cl2N3O4/c1-17-6-11-24(32(17)2)27(35)33-14-12-20(13-15-33)19-9-7-18(8-10-19)16-23(28(36)37)31-26(34)25-21(29)4-3-5-22(25)30/h3-12,23H,13-16H2,1-2H3,(H,31,34)(H,36,37)/t23-/m0/s1. The molecule has 0 saturated heterocycles. The fourth-order valence-corrected chi connectivity index (χ4v) is 4.91. The fraction of sp³-hybridized carbons (Fsp3) is 0.250. The number of benzene rings is 2. The minimum absolute atomic E-state index is 0.0149. The molecule has 1 aliphatic rings. The third-order valence-electron chi connectivity index (χ3n) is 6.65. The number of rotatable bonds is 7. The second-order valence-electron chi connectivity index (χ2n) is 9.01. The minimum atomic E-state index is -1.16. The van der Waals surface area contributed by atoms with Crippen molar-refractivity contribution in [1.29, 1.82) is 0 Å². The molecule has 0 radical (unpaired) electrons. The van der Waals surface area contributed by atoms with Gasteiger partial charge in [0, 0.05) is 32.3 Å². The first kappa shape index (κ1) is 26.5. The lowest BCUT2D eigenvalue weighted by Gasteiger charge is -2.27. The quantitative estimate of drug-likeness (QED) is 0.442. The van der Waals surface area contributed by atoms with E-state index < -0.39 is 17.9 Å². The van der Waals surface area contributed by atoms with Crippen molar-refractivity contribution in [3.63, 3.8) is 0 Å². The van der Waals surface area contributed by atoms with E-state index in [-0.39, 0.29) is 27.9 Å². The Balaban J connectivity index is 1.40. The second-order valence-corrected chi connectivity index (χ2v) is 9.83. The number of carbonyl (C=O) groups is 3. The van der Waals surface area contributed by atoms with Crippen molar-refractivity contribution in [2.75, 3.05) is 13.1 Å². The van der Waals surface area contributed by atoms with Gasteiger partial charge in [0.1, 0.15) is 11.7 Å². The number of aliphatic carboxylic acids is 1. The average molecular weight is 540 g/mol. The van der Waals surface area contributed by atoms with Crippen LogP contribution in [0.3, 0.4) is 0 Å². The van der Waals surface area contributed by atoms with Crippen LogP contribution in [0.2, 0.25) is 10.0 Å². The van der Waals surface area contributed by atoms with E-state index in [9.17, 15) is 19.5 Å². The number of nitrogens with one attached hydrogen (secondary N) is 1. The lowest BCUT2D eigenvalue weighted by molar-refractivity contribution is -0.139. The molecule has 1 aromatic heterocycles. The number of halogens is 2. The van der Waals surface area contributed by atoms with Gasteiger partial charge in [-0.1, -0.05) is 59.6 Å². The summed E-state index contributed by atoms with van der Waals surface area (Å²) in [5.41, 5.74) is 4.67. The molecule has 2 heterocycles. The molecular weight excluding hydrogens is 513 g/mol. The summed E-state index contributed by atoms with van der Waals surface area (Å²) in [4.78, 5) is 39.2. The second kappa shape index (κ2) is 11.2. The molecule has 3 aromatic rings. The Kier molecular flexibility index (Phi) is 8.05. The van der Waals surface area contributed by atoms with Crippen LogP contribution in [0.4, 0.5) is 0 Å². The van der Waals surface area contributed by atoms with Crippen LogP contribution < -0.4 is 5.32 Å². The summed E-state index contributed by atoms with van der Waals surface area (Å²) in [5, 5.41) is 12.5. The zero-order chi connectivity index (χ0) is 26.7. The molecule has 2 amide bonds. The molecule has 7 nitrogen and oxygen atoms in total. The highest BCUT2D eigenvalue weighted by Crippen LogP contribution is 2.26. The molecule has 1 atom stereocenters. The number of carbonyl (C=O) groups excluding carboxylic acids is 2. The fourth-order valence-electron chi connectivity index (χ4n) is 4.34. The first-order valence-electron chi connectivity index (χ1n) is 11.8. The van der Waals surface area contributed by atoms with E-state index in [0.29, 0.717) is 18.8 Å². The molecule has 2 N–H and O–H groups in total. The van der Waals surface area contributed by atoms with Gasteiger partial charge in [-0.3, -0.25) is 9.59 Å². The normalized spacial score (nSPS) is 14.2. The molecule has 0 spiro atoms. The molecule has 9 heteroatoms. The minimum Gasteiger partial charge on any atom is -0.480 e. The third kappa shape index (κ3) is 5.89. The number of hydrogen-bond donors (Lipinski definition) is 2. The van der Waals surface area contributed by atoms with E-state index in [0.717, 1.165) is 28.8 Å². The summed E-state index contributed by atoms with van der Waals surface area (Å²) < 4.78 is 1.90. The highest BCUT2D eigenvalue weighted by molar-refractivity contribution is 6.39. The zero-order valence-corrected chi connectivity index (χ0v) is 22.0. The molecule has 1 aliphatic heterocycles. The predicted octanol–water partition coefficient (Wildman–Crippen LogP) is 5.00. The van der Waals surface area contributed by atoms with E-state index >= 15 is 0 Å². The number of amides is 2. The largest absolute Gasteiger partial charge is 0.480 e. The molecule has 4 rings (SSSR count). The molecule has 0 saturated carbocycles. The molecule has 0 fully saturated rings. The molecule has 2 aromatic carbocycles. The van der Waals surface area contributed by atoms with Gasteiger partial charge in [-0.05, 0) is 54.3 Å². The van der Waals surface area contributed by atoms with Crippen molar-refractivity contribution in [2.24, 2.45) is 7.05 Å². The first-order valence-corrected chi connectivity index (χ1v) is 12.6. The van der Waals surface area contributed by atoms with Gasteiger partial charge < -0.3 is 19.9 Å². The third-order valence-corrected chi connectivity index (χ3v) is 7.28. The number of aryl methyl sites for hydroxylation is 1. The Labute approximate surface area is 225 Å². The number of carboxylic acid groups (broad SMARTS) is 1. The van der Waals surface area contributed by atoms with Crippen LogP contribution in [0.5, 0.6) is 0 Å². The van der Waals surface area contributed by atoms with Crippen LogP contribution in [0.15, 0.2) is 60.7 Å². The lowest BCUT2D eigenvalue weighted by Crippen LogP contribution is -2.42. The van der Waals surface area contributed by atoms with E-state index in [2.05, 4.69) is 11.4 Å². The Morgan fingerprint density at radius 2 is 1.70 bits per heavy atom. The summed E-state index contributed by atoms with van der Waals surface area (Å²) in [6, 6.07) is 14.9. The van der Waals surface area contributed by atoms with Crippen molar-refractivity contribution >= 4 is 46.6 Å². The van der Waals surface area contributed by atoms with Crippen molar-refractivity contribution in [3.8, 4) is 0 Å². The van der Waals surface area contributed by atoms with Crippen molar-refractivity contribution in [2.45, 2.75) is 25.8 Å². The molecule has 0 aliphatic carbocycles. The van der Waals surface area contributed by atoms with Crippen LogP contribution in [-0.2, 0) is 18.3 Å². The van der Waals surface area contributed by atoms with Crippen LogP contribution in [0, 0.1) is 6.92 Å². The van der Waals surface area contributed by atoms with Crippen molar-refractivity contribution in [1.82, 2.24) is 14.8 Å². The summed E-state index contributed by atoms with van der Waals surface area (Å²) in [7, 11) is 1.89. The van der Waals surface area contributed by atoms with Crippen LogP contribution in [-0.4, -0.2) is 51.5 Å². The highest BCUT2D eigenvalue weighted by atomic mass is 35.5. The Hall–Kier alpha value is -3.55. The Morgan fingerprint density at radius 3 is 2.24 bits per heavy atom. The number of aromatic nitrogens is 1. The number of hydrogen-bond acceptors (Lipinski definition) is 3. The predicted molar refractivity (Wildman–Crippen MR) is 144 cm³/mol. The number of nitrogens with zero attached hydrogens (tertiary/aromatic N) is 2. The molecule has 37 heavy (non-hydrogen) atoms. The van der Waals surface area contributed by atoms with Gasteiger partial charge in [-0.15, -0.1) is 0 Å². The smallest absolute Gasteiger partial charge is 0.326 e. The van der Waals surface area contributed by atoms with E-state index in [1.54, 1.807) is 6.07 Å². The van der Waals surface area contributed by atoms with Crippen LogP contribution in [0.1, 0.15) is 44.1 Å². The maximum Gasteiger partial charge on any atom is 0.326 e. The number of carboxylic acids is 1. The van der Waals surface area contributed by atoms with Crippen LogP contribution >= 0.6 is 23.2 Å². The molecule has 0 unspecified atom stereocenters. The molecule has 0 bridgehead atoms. The molecular formula is C28H27Cl2N3O4. The van der Waals surface area contributed by atoms with Gasteiger partial charge in [0.15, 0.2) is 0 Å². The zero-order valence-electron chi connectivity index (χ0n) is 20.5. The summed E-state index contributed by atoms with van der Waals surface area (Å²) in [6.45, 7) is 3.11. The van der Waals surface area contributed by atoms with Gasteiger partial charge in [0.2, 0.25) is 0 Å². The van der Waals surface area contributed by atoms with E-state index in [1.165, 1.54) is 12.1 Å². The summed E-state index contributed by atoms with van der Waals surface area (Å²) >= 11 is 12.2. The van der Waals surface area contributed by atoms with Gasteiger partial charge >= 0.3 is 5.97 Å². The van der Waals surface area contributed by atoms with Crippen LogP contribution in [0.25, 0.3) is 5.57 Å². The summed E-state index contributed by atoms with van der Waals surface area (Å²) in [5.74, 6) is -1.79. The van der Waals surface area contributed by atoms with Gasteiger partial charge in [-0.2, -0.15) is 0 Å². The maximum absolute atomic E-state index is 12.9. The van der Waals surface area contributed by atoms with E-state index in [1.807, 2.05) is 59.8 Å².